The molecular weight excluding hydrogens is 324 g/mol. The van der Waals surface area contributed by atoms with Gasteiger partial charge in [0.25, 0.3) is 5.91 Å². The summed E-state index contributed by atoms with van der Waals surface area (Å²) in [6.07, 6.45) is 0. The Balaban J connectivity index is 1.90. The third kappa shape index (κ3) is 5.19. The van der Waals surface area contributed by atoms with Gasteiger partial charge in [0.1, 0.15) is 0 Å². The first-order valence-electron chi connectivity index (χ1n) is 8.85. The fraction of sp³-hybridized carbons (Fsp3) is 0.364. The molecule has 2 rings (SSSR count). The van der Waals surface area contributed by atoms with E-state index in [0.29, 0.717) is 12.1 Å². The lowest BCUT2D eigenvalue weighted by Gasteiger charge is -2.20. The number of carbonyl (C=O) groups excluding carboxylic acids is 2. The van der Waals surface area contributed by atoms with E-state index in [1.807, 2.05) is 43.3 Å². The number of rotatable bonds is 5. The molecule has 0 radical (unpaired) electrons. The van der Waals surface area contributed by atoms with Crippen molar-refractivity contribution in [1.82, 2.24) is 10.2 Å². The molecule has 2 amide bonds. The van der Waals surface area contributed by atoms with Crippen molar-refractivity contribution in [2.24, 2.45) is 0 Å². The van der Waals surface area contributed by atoms with Gasteiger partial charge in [-0.05, 0) is 41.2 Å². The van der Waals surface area contributed by atoms with E-state index in [-0.39, 0.29) is 23.8 Å². The number of carbonyl (C=O) groups is 2. The normalized spacial score (nSPS) is 11.1. The van der Waals surface area contributed by atoms with Crippen LogP contribution in [0.2, 0.25) is 0 Å². The Morgan fingerprint density at radius 3 is 2.19 bits per heavy atom. The second-order valence-corrected chi connectivity index (χ2v) is 7.69. The van der Waals surface area contributed by atoms with Crippen LogP contribution in [0.4, 0.5) is 0 Å². The Hall–Kier alpha value is -2.62. The maximum atomic E-state index is 12.3. The van der Waals surface area contributed by atoms with Gasteiger partial charge in [-0.25, -0.2) is 0 Å². The number of likely N-dealkylation sites (N-methyl/N-ethyl adjacent to an activating group) is 1. The fourth-order valence-electron chi connectivity index (χ4n) is 2.65. The lowest BCUT2D eigenvalue weighted by atomic mass is 9.87. The summed E-state index contributed by atoms with van der Waals surface area (Å²) in [5.41, 5.74) is 4.03. The summed E-state index contributed by atoms with van der Waals surface area (Å²) in [6.45, 7) is 8.93. The van der Waals surface area contributed by atoms with E-state index in [9.17, 15) is 9.59 Å². The van der Waals surface area contributed by atoms with E-state index in [0.717, 1.165) is 11.1 Å². The van der Waals surface area contributed by atoms with Crippen LogP contribution in [0.25, 0.3) is 0 Å². The highest BCUT2D eigenvalue weighted by Gasteiger charge is 2.15. The number of nitrogens with one attached hydrogen (secondary N) is 1. The molecule has 0 unspecified atom stereocenters. The van der Waals surface area contributed by atoms with E-state index in [1.165, 1.54) is 5.56 Å². The molecule has 0 saturated carbocycles. The summed E-state index contributed by atoms with van der Waals surface area (Å²) in [6, 6.07) is 15.5. The number of amides is 2. The summed E-state index contributed by atoms with van der Waals surface area (Å²) < 4.78 is 0. The van der Waals surface area contributed by atoms with Gasteiger partial charge in [-0.3, -0.25) is 9.59 Å². The zero-order chi connectivity index (χ0) is 19.3. The van der Waals surface area contributed by atoms with Crippen molar-refractivity contribution in [3.05, 3.63) is 70.8 Å². The van der Waals surface area contributed by atoms with Gasteiger partial charge in [0, 0.05) is 19.2 Å². The number of hydrogen-bond acceptors (Lipinski definition) is 2. The molecule has 2 aromatic carbocycles. The second-order valence-electron chi connectivity index (χ2n) is 7.69. The van der Waals surface area contributed by atoms with Gasteiger partial charge in [-0.15, -0.1) is 0 Å². The number of aryl methyl sites for hydroxylation is 1. The highest BCUT2D eigenvalue weighted by Crippen LogP contribution is 2.22. The van der Waals surface area contributed by atoms with Gasteiger partial charge in [0.2, 0.25) is 5.91 Å². The van der Waals surface area contributed by atoms with Gasteiger partial charge in [0.05, 0.1) is 6.54 Å². The van der Waals surface area contributed by atoms with Gasteiger partial charge >= 0.3 is 0 Å². The van der Waals surface area contributed by atoms with Crippen LogP contribution in [0.5, 0.6) is 0 Å². The summed E-state index contributed by atoms with van der Waals surface area (Å²) in [7, 11) is 1.75. The summed E-state index contributed by atoms with van der Waals surface area (Å²) in [5, 5.41) is 2.71. The van der Waals surface area contributed by atoms with Gasteiger partial charge < -0.3 is 10.2 Å². The topological polar surface area (TPSA) is 49.4 Å². The average molecular weight is 352 g/mol. The predicted molar refractivity (Wildman–Crippen MR) is 105 cm³/mol. The highest BCUT2D eigenvalue weighted by molar-refractivity contribution is 5.96. The zero-order valence-electron chi connectivity index (χ0n) is 16.3. The van der Waals surface area contributed by atoms with Crippen LogP contribution in [0, 0.1) is 6.92 Å². The largest absolute Gasteiger partial charge is 0.343 e. The van der Waals surface area contributed by atoms with Gasteiger partial charge in [-0.2, -0.15) is 0 Å². The van der Waals surface area contributed by atoms with Crippen molar-refractivity contribution in [3.63, 3.8) is 0 Å². The van der Waals surface area contributed by atoms with Crippen molar-refractivity contribution < 1.29 is 9.59 Å². The molecule has 0 aromatic heterocycles. The third-order valence-electron chi connectivity index (χ3n) is 4.51. The van der Waals surface area contributed by atoms with Crippen LogP contribution in [-0.2, 0) is 16.8 Å². The van der Waals surface area contributed by atoms with E-state index < -0.39 is 0 Å². The van der Waals surface area contributed by atoms with Crippen LogP contribution in [0.1, 0.15) is 47.8 Å². The Labute approximate surface area is 156 Å². The van der Waals surface area contributed by atoms with Crippen LogP contribution < -0.4 is 5.32 Å². The molecule has 0 bridgehead atoms. The third-order valence-corrected chi connectivity index (χ3v) is 4.51. The lowest BCUT2D eigenvalue weighted by Crippen LogP contribution is -2.37. The molecule has 26 heavy (non-hydrogen) atoms. The first kappa shape index (κ1) is 19.7. The molecule has 0 fully saturated rings. The Morgan fingerprint density at radius 2 is 1.62 bits per heavy atom. The summed E-state index contributed by atoms with van der Waals surface area (Å²) >= 11 is 0. The molecule has 0 aliphatic heterocycles. The van der Waals surface area contributed by atoms with Crippen molar-refractivity contribution in [2.75, 3.05) is 13.6 Å². The van der Waals surface area contributed by atoms with Crippen molar-refractivity contribution in [1.29, 1.82) is 0 Å². The number of nitrogens with zero attached hydrogens (tertiary/aromatic N) is 1. The van der Waals surface area contributed by atoms with Crippen molar-refractivity contribution in [2.45, 2.75) is 39.7 Å². The van der Waals surface area contributed by atoms with Crippen LogP contribution in [0.3, 0.4) is 0 Å². The number of hydrogen-bond donors (Lipinski definition) is 1. The van der Waals surface area contributed by atoms with E-state index >= 15 is 0 Å². The first-order chi connectivity index (χ1) is 12.2. The quantitative estimate of drug-likeness (QED) is 0.892. The fourth-order valence-corrected chi connectivity index (χ4v) is 2.65. The van der Waals surface area contributed by atoms with E-state index in [1.54, 1.807) is 24.1 Å². The molecule has 0 atom stereocenters. The Bertz CT molecular complexity index is 773. The van der Waals surface area contributed by atoms with E-state index in [2.05, 4.69) is 26.1 Å². The average Bonchev–Trinajstić information content (AvgIpc) is 2.60. The zero-order valence-corrected chi connectivity index (χ0v) is 16.3. The molecule has 4 nitrogen and oxygen atoms in total. The molecule has 0 aliphatic carbocycles. The molecule has 1 N–H and O–H groups in total. The molecule has 138 valence electrons. The molecule has 0 aliphatic rings. The van der Waals surface area contributed by atoms with E-state index in [4.69, 9.17) is 0 Å². The lowest BCUT2D eigenvalue weighted by molar-refractivity contribution is -0.129. The highest BCUT2D eigenvalue weighted by atomic mass is 16.2. The summed E-state index contributed by atoms with van der Waals surface area (Å²) in [5.74, 6) is -0.351. The molecular formula is C22H28N2O2. The molecule has 0 saturated heterocycles. The SMILES string of the molecule is Cc1ccccc1CN(C)C(=O)CNC(=O)c1ccc(C(C)(C)C)cc1. The maximum absolute atomic E-state index is 12.3. The predicted octanol–water partition coefficient (Wildman–Crippen LogP) is 3.68. The van der Waals surface area contributed by atoms with Crippen LogP contribution >= 0.6 is 0 Å². The molecule has 0 spiro atoms. The van der Waals surface area contributed by atoms with Crippen molar-refractivity contribution >= 4 is 11.8 Å². The molecule has 4 heteroatoms. The van der Waals surface area contributed by atoms with Crippen LogP contribution in [-0.4, -0.2) is 30.3 Å². The maximum Gasteiger partial charge on any atom is 0.251 e. The summed E-state index contributed by atoms with van der Waals surface area (Å²) in [4.78, 5) is 26.2. The second kappa shape index (κ2) is 8.17. The monoisotopic (exact) mass is 352 g/mol. The molecule has 2 aromatic rings. The van der Waals surface area contributed by atoms with Gasteiger partial charge in [0.15, 0.2) is 0 Å². The number of benzene rings is 2. The van der Waals surface area contributed by atoms with Crippen molar-refractivity contribution in [3.8, 4) is 0 Å². The minimum atomic E-state index is -0.233. The Morgan fingerprint density at radius 1 is 1.00 bits per heavy atom. The van der Waals surface area contributed by atoms with Gasteiger partial charge in [-0.1, -0.05) is 57.2 Å². The molecule has 0 heterocycles. The Kier molecular flexibility index (Phi) is 6.19. The smallest absolute Gasteiger partial charge is 0.251 e. The van der Waals surface area contributed by atoms with Crippen LogP contribution in [0.15, 0.2) is 48.5 Å². The minimum absolute atomic E-state index is 0.0117. The standard InChI is InChI=1S/C22H28N2O2/c1-16-8-6-7-9-18(16)15-24(5)20(25)14-23-21(26)17-10-12-19(13-11-17)22(2,3)4/h6-13H,14-15H2,1-5H3,(H,23,26). The first-order valence-corrected chi connectivity index (χ1v) is 8.85. The minimum Gasteiger partial charge on any atom is -0.343 e.